The standard InChI is InChI=1S/C22H22F3N5O4/c1-15-20(31)28(21(32)29(15)17-5-3-2-4-6-17)14-26-9-11-27(12-10-26)18-8-7-16(22(23,24)25)13-19(18)30(33)34/h2-8,13,15H,9-12,14H2,1H3. The minimum atomic E-state index is -4.68. The highest BCUT2D eigenvalue weighted by atomic mass is 19.4. The van der Waals surface area contributed by atoms with Crippen molar-refractivity contribution in [3.63, 3.8) is 0 Å². The molecule has 0 aromatic heterocycles. The number of rotatable bonds is 5. The fraction of sp³-hybridized carbons (Fsp3) is 0.364. The van der Waals surface area contributed by atoms with Crippen molar-refractivity contribution < 1.29 is 27.7 Å². The van der Waals surface area contributed by atoms with Crippen molar-refractivity contribution in [3.05, 3.63) is 64.2 Å². The van der Waals surface area contributed by atoms with Gasteiger partial charge in [0.15, 0.2) is 0 Å². The number of imide groups is 1. The molecule has 2 aromatic rings. The second-order valence-electron chi connectivity index (χ2n) is 8.14. The summed E-state index contributed by atoms with van der Waals surface area (Å²) in [7, 11) is 0. The first-order valence-corrected chi connectivity index (χ1v) is 10.6. The Morgan fingerprint density at radius 1 is 1.03 bits per heavy atom. The smallest absolute Gasteiger partial charge is 0.363 e. The van der Waals surface area contributed by atoms with Gasteiger partial charge in [0.1, 0.15) is 11.7 Å². The molecule has 4 rings (SSSR count). The van der Waals surface area contributed by atoms with Gasteiger partial charge in [-0.25, -0.2) is 9.69 Å². The molecule has 12 heteroatoms. The lowest BCUT2D eigenvalue weighted by atomic mass is 10.1. The zero-order valence-electron chi connectivity index (χ0n) is 18.2. The van der Waals surface area contributed by atoms with Gasteiger partial charge in [-0.2, -0.15) is 13.2 Å². The maximum Gasteiger partial charge on any atom is 0.416 e. The summed E-state index contributed by atoms with van der Waals surface area (Å²) in [6, 6.07) is 10.3. The van der Waals surface area contributed by atoms with E-state index < -0.39 is 34.4 Å². The number of alkyl halides is 3. The van der Waals surface area contributed by atoms with Gasteiger partial charge < -0.3 is 4.90 Å². The molecule has 1 atom stereocenters. The summed E-state index contributed by atoms with van der Waals surface area (Å²) in [6.45, 7) is 3.05. The molecular weight excluding hydrogens is 455 g/mol. The van der Waals surface area contributed by atoms with E-state index in [1.807, 2.05) is 11.0 Å². The highest BCUT2D eigenvalue weighted by Crippen LogP contribution is 2.37. The number of nitrogens with zero attached hydrogens (tertiary/aromatic N) is 5. The van der Waals surface area contributed by atoms with Crippen molar-refractivity contribution >= 4 is 29.0 Å². The molecule has 2 fully saturated rings. The number of piperazine rings is 1. The lowest BCUT2D eigenvalue weighted by molar-refractivity contribution is -0.384. The Balaban J connectivity index is 1.43. The Bertz CT molecular complexity index is 1100. The van der Waals surface area contributed by atoms with E-state index in [0.717, 1.165) is 12.1 Å². The number of amides is 3. The predicted molar refractivity (Wildman–Crippen MR) is 117 cm³/mol. The predicted octanol–water partition coefficient (Wildman–Crippen LogP) is 3.55. The highest BCUT2D eigenvalue weighted by Gasteiger charge is 2.44. The van der Waals surface area contributed by atoms with Gasteiger partial charge in [-0.05, 0) is 31.2 Å². The molecule has 2 saturated heterocycles. The summed E-state index contributed by atoms with van der Waals surface area (Å²) < 4.78 is 38.9. The lowest BCUT2D eigenvalue weighted by Gasteiger charge is -2.37. The van der Waals surface area contributed by atoms with Crippen molar-refractivity contribution in [2.75, 3.05) is 42.6 Å². The monoisotopic (exact) mass is 477 g/mol. The number of para-hydroxylation sites is 1. The first kappa shape index (κ1) is 23.5. The molecule has 0 saturated carbocycles. The van der Waals surface area contributed by atoms with Crippen LogP contribution in [0.4, 0.5) is 35.0 Å². The van der Waals surface area contributed by atoms with Gasteiger partial charge in [-0.3, -0.25) is 24.7 Å². The number of hydrogen-bond acceptors (Lipinski definition) is 6. The number of urea groups is 1. The number of hydrogen-bond donors (Lipinski definition) is 0. The summed E-state index contributed by atoms with van der Waals surface area (Å²) >= 11 is 0. The van der Waals surface area contributed by atoms with Gasteiger partial charge >= 0.3 is 12.2 Å². The fourth-order valence-electron chi connectivity index (χ4n) is 4.22. The van der Waals surface area contributed by atoms with Gasteiger partial charge in [0, 0.05) is 37.9 Å². The third-order valence-corrected chi connectivity index (χ3v) is 6.04. The van der Waals surface area contributed by atoms with Gasteiger partial charge in [0.05, 0.1) is 17.2 Å². The molecular formula is C22H22F3N5O4. The fourth-order valence-corrected chi connectivity index (χ4v) is 4.22. The summed E-state index contributed by atoms with van der Waals surface area (Å²) in [4.78, 5) is 42.4. The molecule has 0 bridgehead atoms. The van der Waals surface area contributed by atoms with Gasteiger partial charge in [-0.15, -0.1) is 0 Å². The van der Waals surface area contributed by atoms with Crippen LogP contribution >= 0.6 is 0 Å². The zero-order chi connectivity index (χ0) is 24.6. The van der Waals surface area contributed by atoms with Crippen molar-refractivity contribution in [1.82, 2.24) is 9.80 Å². The zero-order valence-corrected chi connectivity index (χ0v) is 18.2. The van der Waals surface area contributed by atoms with E-state index in [1.165, 1.54) is 9.80 Å². The number of carbonyl (C=O) groups is 2. The third kappa shape index (κ3) is 4.40. The summed E-state index contributed by atoms with van der Waals surface area (Å²) in [5, 5.41) is 11.4. The minimum Gasteiger partial charge on any atom is -0.363 e. The number of nitro groups is 1. The number of nitro benzene ring substituents is 1. The van der Waals surface area contributed by atoms with Crippen LogP contribution in [-0.2, 0) is 11.0 Å². The average Bonchev–Trinajstić information content (AvgIpc) is 3.02. The number of benzene rings is 2. The first-order chi connectivity index (χ1) is 16.1. The Kier molecular flexibility index (Phi) is 6.17. The van der Waals surface area contributed by atoms with Crippen LogP contribution in [-0.4, -0.2) is 65.6 Å². The molecule has 1 unspecified atom stereocenters. The Hall–Kier alpha value is -3.67. The van der Waals surface area contributed by atoms with E-state index in [2.05, 4.69) is 0 Å². The van der Waals surface area contributed by atoms with E-state index >= 15 is 0 Å². The van der Waals surface area contributed by atoms with Crippen LogP contribution in [0.5, 0.6) is 0 Å². The van der Waals surface area contributed by atoms with Crippen LogP contribution in [0.2, 0.25) is 0 Å². The average molecular weight is 477 g/mol. The molecule has 3 amide bonds. The second-order valence-corrected chi connectivity index (χ2v) is 8.14. The molecule has 0 N–H and O–H groups in total. The molecule has 34 heavy (non-hydrogen) atoms. The molecule has 180 valence electrons. The quantitative estimate of drug-likeness (QED) is 0.372. The second kappa shape index (κ2) is 8.93. The summed E-state index contributed by atoms with van der Waals surface area (Å²) in [5.41, 5.74) is -0.963. The van der Waals surface area contributed by atoms with Gasteiger partial charge in [0.25, 0.3) is 11.6 Å². The first-order valence-electron chi connectivity index (χ1n) is 10.6. The topological polar surface area (TPSA) is 90.2 Å². The molecule has 2 heterocycles. The van der Waals surface area contributed by atoms with E-state index in [1.54, 1.807) is 36.1 Å². The summed E-state index contributed by atoms with van der Waals surface area (Å²) in [5.74, 6) is -0.324. The van der Waals surface area contributed by atoms with Crippen LogP contribution in [0, 0.1) is 10.1 Å². The van der Waals surface area contributed by atoms with Gasteiger partial charge in [-0.1, -0.05) is 18.2 Å². The molecule has 0 radical (unpaired) electrons. The molecule has 2 aromatic carbocycles. The van der Waals surface area contributed by atoms with E-state index in [4.69, 9.17) is 0 Å². The number of halogens is 3. The van der Waals surface area contributed by atoms with Gasteiger partial charge in [0.2, 0.25) is 0 Å². The van der Waals surface area contributed by atoms with Crippen LogP contribution in [0.3, 0.4) is 0 Å². The molecule has 0 spiro atoms. The number of anilines is 2. The van der Waals surface area contributed by atoms with Crippen LogP contribution in [0.1, 0.15) is 12.5 Å². The molecule has 0 aliphatic carbocycles. The summed E-state index contributed by atoms with van der Waals surface area (Å²) in [6.07, 6.45) is -4.68. The van der Waals surface area contributed by atoms with Crippen LogP contribution in [0.15, 0.2) is 48.5 Å². The molecule has 2 aliphatic heterocycles. The minimum absolute atomic E-state index is 0.0638. The van der Waals surface area contributed by atoms with Crippen molar-refractivity contribution in [3.8, 4) is 0 Å². The number of carbonyl (C=O) groups excluding carboxylic acids is 2. The largest absolute Gasteiger partial charge is 0.416 e. The Morgan fingerprint density at radius 2 is 1.68 bits per heavy atom. The van der Waals surface area contributed by atoms with E-state index in [9.17, 15) is 32.9 Å². The van der Waals surface area contributed by atoms with E-state index in [0.29, 0.717) is 37.9 Å². The lowest BCUT2D eigenvalue weighted by Crippen LogP contribution is -2.51. The third-order valence-electron chi connectivity index (χ3n) is 6.04. The van der Waals surface area contributed by atoms with Crippen LogP contribution < -0.4 is 9.80 Å². The van der Waals surface area contributed by atoms with E-state index in [-0.39, 0.29) is 18.3 Å². The van der Waals surface area contributed by atoms with Crippen LogP contribution in [0.25, 0.3) is 0 Å². The SMILES string of the molecule is CC1C(=O)N(CN2CCN(c3ccc(C(F)(F)F)cc3[N+](=O)[O-])CC2)C(=O)N1c1ccccc1. The molecule has 9 nitrogen and oxygen atoms in total. The Labute approximate surface area is 193 Å². The maximum atomic E-state index is 13.0. The maximum absolute atomic E-state index is 13.0. The molecule has 2 aliphatic rings. The van der Waals surface area contributed by atoms with Crippen molar-refractivity contribution in [2.24, 2.45) is 0 Å². The van der Waals surface area contributed by atoms with Crippen molar-refractivity contribution in [1.29, 1.82) is 0 Å². The highest BCUT2D eigenvalue weighted by molar-refractivity contribution is 6.14. The normalized spacial score (nSPS) is 19.8. The Morgan fingerprint density at radius 3 is 2.26 bits per heavy atom. The van der Waals surface area contributed by atoms with Crippen molar-refractivity contribution in [2.45, 2.75) is 19.1 Å².